The predicted molar refractivity (Wildman–Crippen MR) is 118 cm³/mol. The Balaban J connectivity index is 1.91. The fourth-order valence-corrected chi connectivity index (χ4v) is 4.98. The molecular formula is C21H33F3N4O4S. The second-order valence-corrected chi connectivity index (χ2v) is 9.73. The normalized spacial score (nSPS) is 17.0. The number of carbonyl (C=O) groups excluding carboxylic acids is 1. The molecule has 1 aromatic rings. The Morgan fingerprint density at radius 2 is 1.79 bits per heavy atom. The quantitative estimate of drug-likeness (QED) is 0.429. The largest absolute Gasteiger partial charge is 0.379 e. The summed E-state index contributed by atoms with van der Waals surface area (Å²) in [5.41, 5.74) is 6.08. The van der Waals surface area contributed by atoms with Crippen molar-refractivity contribution in [2.24, 2.45) is 5.73 Å². The fraction of sp³-hybridized carbons (Fsp3) is 0.667. The van der Waals surface area contributed by atoms with E-state index in [1.807, 2.05) is 6.92 Å². The lowest BCUT2D eigenvalue weighted by Crippen LogP contribution is -2.50. The molecule has 3 N–H and O–H groups in total. The number of likely N-dealkylation sites (N-methyl/N-ethyl adjacent to an activating group) is 1. The van der Waals surface area contributed by atoms with E-state index in [9.17, 15) is 26.4 Å². The molecule has 0 aliphatic carbocycles. The standard InChI is InChI=1S/C21H33F3N4O4S/c1-3-17(6-5-16(25)11-15-12-19(23)20(24)13-18(15)22)28(4-2)21(29)14-26-33(30,31)27-7-9-32-10-8-27/h12-13,16-17,26H,3-11,14,25H2,1-2H3/t16-,17?/m0/s1. The molecule has 0 saturated carbocycles. The highest BCUT2D eigenvalue weighted by Crippen LogP contribution is 2.18. The topological polar surface area (TPSA) is 105 Å². The van der Waals surface area contributed by atoms with E-state index in [1.54, 1.807) is 11.8 Å². The number of morpholine rings is 1. The van der Waals surface area contributed by atoms with Crippen LogP contribution < -0.4 is 10.5 Å². The van der Waals surface area contributed by atoms with Crippen molar-refractivity contribution in [1.82, 2.24) is 13.9 Å². The maximum Gasteiger partial charge on any atom is 0.280 e. The summed E-state index contributed by atoms with van der Waals surface area (Å²) in [6.45, 7) is 4.79. The molecule has 8 nitrogen and oxygen atoms in total. The molecule has 1 heterocycles. The van der Waals surface area contributed by atoms with Crippen molar-refractivity contribution in [2.45, 2.75) is 51.6 Å². The SMILES string of the molecule is CCC(CC[C@H](N)Cc1cc(F)c(F)cc1F)N(CC)C(=O)CNS(=O)(=O)N1CCOCC1. The first-order valence-electron chi connectivity index (χ1n) is 11.1. The van der Waals surface area contributed by atoms with Crippen molar-refractivity contribution in [3.8, 4) is 0 Å². The number of benzene rings is 1. The second-order valence-electron chi connectivity index (χ2n) is 7.98. The van der Waals surface area contributed by atoms with Gasteiger partial charge in [0.25, 0.3) is 10.2 Å². The molecule has 1 unspecified atom stereocenters. The Labute approximate surface area is 193 Å². The molecule has 1 saturated heterocycles. The highest BCUT2D eigenvalue weighted by atomic mass is 32.2. The van der Waals surface area contributed by atoms with Crippen molar-refractivity contribution >= 4 is 16.1 Å². The Morgan fingerprint density at radius 3 is 2.39 bits per heavy atom. The lowest BCUT2D eigenvalue weighted by Gasteiger charge is -2.32. The third-order valence-electron chi connectivity index (χ3n) is 5.73. The van der Waals surface area contributed by atoms with Crippen molar-refractivity contribution in [2.75, 3.05) is 39.4 Å². The average molecular weight is 495 g/mol. The summed E-state index contributed by atoms with van der Waals surface area (Å²) in [6.07, 6.45) is 1.56. The van der Waals surface area contributed by atoms with Gasteiger partial charge in [-0.25, -0.2) is 13.2 Å². The molecule has 0 radical (unpaired) electrons. The molecule has 1 aliphatic rings. The Bertz CT molecular complexity index is 898. The van der Waals surface area contributed by atoms with Gasteiger partial charge in [-0.15, -0.1) is 0 Å². The van der Waals surface area contributed by atoms with E-state index < -0.39 is 33.7 Å². The summed E-state index contributed by atoms with van der Waals surface area (Å²) in [5, 5.41) is 0. The van der Waals surface area contributed by atoms with Crippen molar-refractivity contribution in [1.29, 1.82) is 0 Å². The first kappa shape index (κ1) is 27.5. The van der Waals surface area contributed by atoms with Gasteiger partial charge >= 0.3 is 0 Å². The Morgan fingerprint density at radius 1 is 1.15 bits per heavy atom. The lowest BCUT2D eigenvalue weighted by atomic mass is 9.97. The van der Waals surface area contributed by atoms with E-state index in [0.29, 0.717) is 45.1 Å². The Kier molecular flexibility index (Phi) is 10.6. The lowest BCUT2D eigenvalue weighted by molar-refractivity contribution is -0.132. The van der Waals surface area contributed by atoms with Gasteiger partial charge in [-0.05, 0) is 44.2 Å². The molecule has 1 amide bonds. The number of rotatable bonds is 12. The highest BCUT2D eigenvalue weighted by Gasteiger charge is 2.27. The molecule has 2 atom stereocenters. The minimum Gasteiger partial charge on any atom is -0.379 e. The van der Waals surface area contributed by atoms with Crippen molar-refractivity contribution in [3.63, 3.8) is 0 Å². The number of hydrogen-bond acceptors (Lipinski definition) is 5. The zero-order chi connectivity index (χ0) is 24.6. The van der Waals surface area contributed by atoms with E-state index in [-0.39, 0.29) is 43.6 Å². The van der Waals surface area contributed by atoms with Crippen LogP contribution in [0, 0.1) is 17.5 Å². The molecule has 0 aromatic heterocycles. The number of carbonyl (C=O) groups is 1. The molecule has 1 fully saturated rings. The molecule has 2 rings (SSSR count). The predicted octanol–water partition coefficient (Wildman–Crippen LogP) is 1.55. The van der Waals surface area contributed by atoms with Gasteiger partial charge in [0.2, 0.25) is 5.91 Å². The summed E-state index contributed by atoms with van der Waals surface area (Å²) in [4.78, 5) is 14.3. The van der Waals surface area contributed by atoms with Crippen LogP contribution in [0.5, 0.6) is 0 Å². The minimum atomic E-state index is -3.78. The number of nitrogens with zero attached hydrogens (tertiary/aromatic N) is 2. The number of ether oxygens (including phenoxy) is 1. The van der Waals surface area contributed by atoms with Crippen LogP contribution in [0.3, 0.4) is 0 Å². The summed E-state index contributed by atoms with van der Waals surface area (Å²) >= 11 is 0. The van der Waals surface area contributed by atoms with E-state index >= 15 is 0 Å². The van der Waals surface area contributed by atoms with Crippen LogP contribution in [0.25, 0.3) is 0 Å². The van der Waals surface area contributed by atoms with Gasteiger partial charge in [-0.1, -0.05) is 6.92 Å². The molecule has 1 aliphatic heterocycles. The van der Waals surface area contributed by atoms with Crippen molar-refractivity contribution < 1.29 is 31.1 Å². The first-order valence-corrected chi connectivity index (χ1v) is 12.5. The van der Waals surface area contributed by atoms with Crippen LogP contribution in [0.4, 0.5) is 13.2 Å². The first-order chi connectivity index (χ1) is 15.6. The molecule has 12 heteroatoms. The van der Waals surface area contributed by atoms with Gasteiger partial charge in [-0.2, -0.15) is 17.4 Å². The number of nitrogens with two attached hydrogens (primary N) is 1. The van der Waals surface area contributed by atoms with Crippen LogP contribution in [-0.2, 0) is 26.2 Å². The van der Waals surface area contributed by atoms with Crippen LogP contribution in [0.15, 0.2) is 12.1 Å². The van der Waals surface area contributed by atoms with E-state index in [0.717, 1.165) is 6.07 Å². The fourth-order valence-electron chi connectivity index (χ4n) is 3.86. The molecule has 33 heavy (non-hydrogen) atoms. The summed E-state index contributed by atoms with van der Waals surface area (Å²) in [7, 11) is -3.78. The summed E-state index contributed by atoms with van der Waals surface area (Å²) in [5.74, 6) is -3.60. The number of nitrogens with one attached hydrogen (secondary N) is 1. The highest BCUT2D eigenvalue weighted by molar-refractivity contribution is 7.87. The average Bonchev–Trinajstić information content (AvgIpc) is 2.79. The van der Waals surface area contributed by atoms with Gasteiger partial charge in [0, 0.05) is 37.8 Å². The molecule has 0 bridgehead atoms. The molecule has 0 spiro atoms. The van der Waals surface area contributed by atoms with Gasteiger partial charge in [0.1, 0.15) is 5.82 Å². The minimum absolute atomic E-state index is 0.00427. The number of halogens is 3. The maximum absolute atomic E-state index is 13.9. The zero-order valence-electron chi connectivity index (χ0n) is 19.0. The number of amides is 1. The third-order valence-corrected chi connectivity index (χ3v) is 7.29. The smallest absolute Gasteiger partial charge is 0.280 e. The molecular weight excluding hydrogens is 461 g/mol. The van der Waals surface area contributed by atoms with Crippen LogP contribution >= 0.6 is 0 Å². The van der Waals surface area contributed by atoms with E-state index in [4.69, 9.17) is 10.5 Å². The number of hydrogen-bond donors (Lipinski definition) is 2. The Hall–Kier alpha value is -1.73. The van der Waals surface area contributed by atoms with Gasteiger partial charge in [0.15, 0.2) is 11.6 Å². The molecule has 1 aromatic carbocycles. The van der Waals surface area contributed by atoms with Crippen LogP contribution in [-0.4, -0.2) is 75.0 Å². The van der Waals surface area contributed by atoms with Crippen molar-refractivity contribution in [3.05, 3.63) is 35.1 Å². The maximum atomic E-state index is 13.9. The zero-order valence-corrected chi connectivity index (χ0v) is 19.8. The summed E-state index contributed by atoms with van der Waals surface area (Å²) in [6, 6.07) is 0.592. The monoisotopic (exact) mass is 494 g/mol. The summed E-state index contributed by atoms with van der Waals surface area (Å²) < 4.78 is 73.9. The molecule has 188 valence electrons. The third kappa shape index (κ3) is 7.92. The van der Waals surface area contributed by atoms with Gasteiger partial charge in [-0.3, -0.25) is 4.79 Å². The van der Waals surface area contributed by atoms with E-state index in [2.05, 4.69) is 4.72 Å². The van der Waals surface area contributed by atoms with Crippen LogP contribution in [0.2, 0.25) is 0 Å². The van der Waals surface area contributed by atoms with E-state index in [1.165, 1.54) is 4.31 Å². The van der Waals surface area contributed by atoms with Gasteiger partial charge < -0.3 is 15.4 Å². The second kappa shape index (κ2) is 12.7. The van der Waals surface area contributed by atoms with Crippen LogP contribution in [0.1, 0.15) is 38.7 Å². The van der Waals surface area contributed by atoms with Gasteiger partial charge in [0.05, 0.1) is 19.8 Å².